The Bertz CT molecular complexity index is 999. The molecule has 0 radical (unpaired) electrons. The lowest BCUT2D eigenvalue weighted by atomic mass is 9.92. The molecular formula is C22H21F2N3O2. The average molecular weight is 397 g/mol. The smallest absolute Gasteiger partial charge is 0.171 e. The Morgan fingerprint density at radius 1 is 1.14 bits per heavy atom. The van der Waals surface area contributed by atoms with E-state index in [0.717, 1.165) is 22.5 Å². The molecule has 4 rings (SSSR count). The van der Waals surface area contributed by atoms with E-state index in [0.29, 0.717) is 13.2 Å². The second kappa shape index (κ2) is 8.53. The SMILES string of the molecule is COCCOc1ccc(F)c(CC2CNc3ncc(-c4cccnc4)cc32)c1F. The van der Waals surface area contributed by atoms with Crippen molar-refractivity contribution in [3.05, 3.63) is 71.7 Å². The number of pyridine rings is 2. The summed E-state index contributed by atoms with van der Waals surface area (Å²) in [6, 6.07) is 8.38. The maximum Gasteiger partial charge on any atom is 0.171 e. The quantitative estimate of drug-likeness (QED) is 0.606. The molecule has 150 valence electrons. The van der Waals surface area contributed by atoms with Gasteiger partial charge in [0, 0.05) is 60.4 Å². The van der Waals surface area contributed by atoms with Gasteiger partial charge in [0.25, 0.3) is 0 Å². The van der Waals surface area contributed by atoms with E-state index in [1.807, 2.05) is 18.2 Å². The summed E-state index contributed by atoms with van der Waals surface area (Å²) in [7, 11) is 1.54. The number of fused-ring (bicyclic) bond motifs is 1. The van der Waals surface area contributed by atoms with Crippen molar-refractivity contribution in [2.45, 2.75) is 12.3 Å². The number of ether oxygens (including phenoxy) is 2. The lowest BCUT2D eigenvalue weighted by molar-refractivity contribution is 0.143. The highest BCUT2D eigenvalue weighted by molar-refractivity contribution is 5.67. The second-order valence-electron chi connectivity index (χ2n) is 6.86. The number of nitrogens with zero attached hydrogens (tertiary/aromatic N) is 2. The molecule has 1 aromatic carbocycles. The van der Waals surface area contributed by atoms with Crippen molar-refractivity contribution in [2.75, 3.05) is 32.2 Å². The van der Waals surface area contributed by atoms with Crippen LogP contribution in [0.5, 0.6) is 5.75 Å². The highest BCUT2D eigenvalue weighted by atomic mass is 19.1. The molecule has 1 N–H and O–H groups in total. The fraction of sp³-hybridized carbons (Fsp3) is 0.273. The van der Waals surface area contributed by atoms with Crippen LogP contribution in [0.1, 0.15) is 17.0 Å². The minimum Gasteiger partial charge on any atom is -0.488 e. The van der Waals surface area contributed by atoms with Crippen molar-refractivity contribution in [1.29, 1.82) is 0 Å². The highest BCUT2D eigenvalue weighted by Crippen LogP contribution is 2.36. The van der Waals surface area contributed by atoms with Gasteiger partial charge >= 0.3 is 0 Å². The monoisotopic (exact) mass is 397 g/mol. The van der Waals surface area contributed by atoms with Gasteiger partial charge in [0.05, 0.1) is 6.61 Å². The van der Waals surface area contributed by atoms with Crippen LogP contribution < -0.4 is 10.1 Å². The van der Waals surface area contributed by atoms with Crippen molar-refractivity contribution in [1.82, 2.24) is 9.97 Å². The zero-order chi connectivity index (χ0) is 20.2. The van der Waals surface area contributed by atoms with Crippen LogP contribution in [-0.4, -0.2) is 36.8 Å². The van der Waals surface area contributed by atoms with E-state index in [9.17, 15) is 8.78 Å². The lowest BCUT2D eigenvalue weighted by Gasteiger charge is -2.15. The number of anilines is 1. The Hall–Kier alpha value is -3.06. The Morgan fingerprint density at radius 3 is 2.83 bits per heavy atom. The van der Waals surface area contributed by atoms with E-state index >= 15 is 0 Å². The number of benzene rings is 1. The number of halogens is 2. The van der Waals surface area contributed by atoms with Gasteiger partial charge < -0.3 is 14.8 Å². The van der Waals surface area contributed by atoms with Crippen LogP contribution in [0.2, 0.25) is 0 Å². The van der Waals surface area contributed by atoms with Crippen LogP contribution in [0.15, 0.2) is 48.9 Å². The van der Waals surface area contributed by atoms with Crippen molar-refractivity contribution < 1.29 is 18.3 Å². The Kier molecular flexibility index (Phi) is 5.67. The van der Waals surface area contributed by atoms with Crippen LogP contribution in [0, 0.1) is 11.6 Å². The van der Waals surface area contributed by atoms with E-state index in [2.05, 4.69) is 15.3 Å². The largest absolute Gasteiger partial charge is 0.488 e. The zero-order valence-corrected chi connectivity index (χ0v) is 16.0. The van der Waals surface area contributed by atoms with Crippen molar-refractivity contribution in [3.8, 4) is 16.9 Å². The molecule has 29 heavy (non-hydrogen) atoms. The first kappa shape index (κ1) is 19.3. The molecule has 7 heteroatoms. The molecule has 2 aromatic heterocycles. The van der Waals surface area contributed by atoms with Crippen LogP contribution >= 0.6 is 0 Å². The summed E-state index contributed by atoms with van der Waals surface area (Å²) in [5, 5.41) is 3.23. The standard InChI is InChI=1S/C22H21F2N3O2/c1-28-7-8-29-20-5-4-19(23)18(21(20)24)10-16-13-27-22-17(16)9-15(12-26-22)14-3-2-6-25-11-14/h2-6,9,11-12,16H,7-8,10,13H2,1H3,(H,26,27). The van der Waals surface area contributed by atoms with Gasteiger partial charge in [0.1, 0.15) is 18.2 Å². The maximum atomic E-state index is 14.9. The molecule has 0 amide bonds. The molecular weight excluding hydrogens is 376 g/mol. The number of hydrogen-bond acceptors (Lipinski definition) is 5. The molecule has 0 aliphatic carbocycles. The molecule has 5 nitrogen and oxygen atoms in total. The molecule has 1 aliphatic heterocycles. The van der Waals surface area contributed by atoms with Crippen LogP contribution in [0.3, 0.4) is 0 Å². The van der Waals surface area contributed by atoms with E-state index in [1.54, 1.807) is 18.6 Å². The third-order valence-electron chi connectivity index (χ3n) is 5.01. The molecule has 1 unspecified atom stereocenters. The van der Waals surface area contributed by atoms with Gasteiger partial charge in [0.15, 0.2) is 11.6 Å². The molecule has 0 saturated heterocycles. The zero-order valence-electron chi connectivity index (χ0n) is 16.0. The molecule has 3 heterocycles. The number of nitrogens with one attached hydrogen (secondary N) is 1. The molecule has 0 saturated carbocycles. The summed E-state index contributed by atoms with van der Waals surface area (Å²) in [5.74, 6) is -0.562. The van der Waals surface area contributed by atoms with Gasteiger partial charge in [-0.3, -0.25) is 4.98 Å². The third-order valence-corrected chi connectivity index (χ3v) is 5.01. The van der Waals surface area contributed by atoms with Crippen LogP contribution in [0.4, 0.5) is 14.6 Å². The fourth-order valence-electron chi connectivity index (χ4n) is 3.50. The van der Waals surface area contributed by atoms with Gasteiger partial charge in [0.2, 0.25) is 0 Å². The predicted octanol–water partition coefficient (Wildman–Crippen LogP) is 4.20. The first-order chi connectivity index (χ1) is 14.2. The number of rotatable bonds is 7. The van der Waals surface area contributed by atoms with Crippen LogP contribution in [0.25, 0.3) is 11.1 Å². The van der Waals surface area contributed by atoms with Gasteiger partial charge in [-0.1, -0.05) is 6.07 Å². The van der Waals surface area contributed by atoms with E-state index in [1.165, 1.54) is 19.2 Å². The topological polar surface area (TPSA) is 56.3 Å². The summed E-state index contributed by atoms with van der Waals surface area (Å²) in [4.78, 5) is 8.61. The molecule has 1 aliphatic rings. The van der Waals surface area contributed by atoms with E-state index in [4.69, 9.17) is 9.47 Å². The van der Waals surface area contributed by atoms with Crippen molar-refractivity contribution in [3.63, 3.8) is 0 Å². The summed E-state index contributed by atoms with van der Waals surface area (Å²) in [5.41, 5.74) is 2.82. The van der Waals surface area contributed by atoms with E-state index in [-0.39, 0.29) is 30.3 Å². The van der Waals surface area contributed by atoms with Gasteiger partial charge in [-0.15, -0.1) is 0 Å². The molecule has 0 spiro atoms. The van der Waals surface area contributed by atoms with E-state index < -0.39 is 11.6 Å². The number of aromatic nitrogens is 2. The lowest BCUT2D eigenvalue weighted by Crippen LogP contribution is -2.11. The van der Waals surface area contributed by atoms with Crippen LogP contribution in [-0.2, 0) is 11.2 Å². The first-order valence-electron chi connectivity index (χ1n) is 9.40. The number of methoxy groups -OCH3 is 1. The normalized spacial score (nSPS) is 15.1. The fourth-order valence-corrected chi connectivity index (χ4v) is 3.50. The summed E-state index contributed by atoms with van der Waals surface area (Å²) in [6.07, 6.45) is 5.46. The third kappa shape index (κ3) is 4.05. The van der Waals surface area contributed by atoms with Crippen molar-refractivity contribution in [2.24, 2.45) is 0 Å². The Morgan fingerprint density at radius 2 is 2.03 bits per heavy atom. The second-order valence-corrected chi connectivity index (χ2v) is 6.86. The summed E-state index contributed by atoms with van der Waals surface area (Å²) < 4.78 is 39.6. The number of hydrogen-bond donors (Lipinski definition) is 1. The predicted molar refractivity (Wildman–Crippen MR) is 106 cm³/mol. The molecule has 3 aromatic rings. The molecule has 0 bridgehead atoms. The Balaban J connectivity index is 1.60. The first-order valence-corrected chi connectivity index (χ1v) is 9.40. The highest BCUT2D eigenvalue weighted by Gasteiger charge is 2.27. The summed E-state index contributed by atoms with van der Waals surface area (Å²) >= 11 is 0. The molecule has 1 atom stereocenters. The minimum absolute atomic E-state index is 0.0198. The maximum absolute atomic E-state index is 14.9. The molecule has 0 fully saturated rings. The summed E-state index contributed by atoms with van der Waals surface area (Å²) in [6.45, 7) is 1.09. The Labute approximate surface area is 167 Å². The minimum atomic E-state index is -0.661. The average Bonchev–Trinajstić information content (AvgIpc) is 3.15. The van der Waals surface area contributed by atoms with Crippen molar-refractivity contribution >= 4 is 5.82 Å². The van der Waals surface area contributed by atoms with Gasteiger partial charge in [-0.2, -0.15) is 0 Å². The van der Waals surface area contributed by atoms with Gasteiger partial charge in [-0.05, 0) is 30.7 Å². The van der Waals surface area contributed by atoms with Gasteiger partial charge in [-0.25, -0.2) is 13.8 Å².